The molecule has 0 spiro atoms. The van der Waals surface area contributed by atoms with E-state index in [4.69, 9.17) is 4.74 Å². The van der Waals surface area contributed by atoms with Gasteiger partial charge in [0, 0.05) is 34.9 Å². The lowest BCUT2D eigenvalue weighted by Gasteiger charge is -2.42. The molecule has 0 bridgehead atoms. The second kappa shape index (κ2) is 8.50. The van der Waals surface area contributed by atoms with Crippen LogP contribution in [0.3, 0.4) is 0 Å². The molecule has 168 valence electrons. The highest BCUT2D eigenvalue weighted by atomic mass is 79.9. The molecule has 5 nitrogen and oxygen atoms in total. The van der Waals surface area contributed by atoms with Gasteiger partial charge in [-0.15, -0.1) is 0 Å². The first kappa shape index (κ1) is 22.8. The first-order valence-corrected chi connectivity index (χ1v) is 13.1. The van der Waals surface area contributed by atoms with Crippen LogP contribution in [-0.4, -0.2) is 38.6 Å². The molecule has 1 fully saturated rings. The summed E-state index contributed by atoms with van der Waals surface area (Å²) < 4.78 is 35.8. The Morgan fingerprint density at radius 3 is 2.13 bits per heavy atom. The van der Waals surface area contributed by atoms with Gasteiger partial charge in [0.15, 0.2) is 0 Å². The molecule has 0 saturated carbocycles. The molecule has 2 aromatic rings. The quantitative estimate of drug-likeness (QED) is 0.578. The van der Waals surface area contributed by atoms with E-state index in [1.165, 1.54) is 16.8 Å². The van der Waals surface area contributed by atoms with Crippen molar-refractivity contribution in [3.05, 3.63) is 56.1 Å². The van der Waals surface area contributed by atoms with Gasteiger partial charge in [-0.05, 0) is 93.5 Å². The van der Waals surface area contributed by atoms with Gasteiger partial charge in [-0.25, -0.2) is 8.42 Å². The fraction of sp³-hybridized carbons (Fsp3) is 0.500. The average Bonchev–Trinajstić information content (AvgIpc) is 2.75. The van der Waals surface area contributed by atoms with Crippen LogP contribution >= 0.6 is 15.9 Å². The van der Waals surface area contributed by atoms with Crippen LogP contribution < -0.4 is 4.90 Å². The number of halogens is 1. The van der Waals surface area contributed by atoms with Crippen LogP contribution in [-0.2, 0) is 21.4 Å². The van der Waals surface area contributed by atoms with E-state index in [1.54, 1.807) is 4.31 Å². The first-order valence-electron chi connectivity index (χ1n) is 10.8. The van der Waals surface area contributed by atoms with Gasteiger partial charge in [0.05, 0.1) is 11.5 Å². The Balaban J connectivity index is 1.57. The zero-order valence-electron chi connectivity index (χ0n) is 19.0. The van der Waals surface area contributed by atoms with Crippen molar-refractivity contribution in [1.29, 1.82) is 0 Å². The highest BCUT2D eigenvalue weighted by molar-refractivity contribution is 9.10. The van der Waals surface area contributed by atoms with E-state index in [2.05, 4.69) is 46.0 Å². The van der Waals surface area contributed by atoms with Crippen LogP contribution in [0.2, 0.25) is 0 Å². The molecule has 7 heteroatoms. The van der Waals surface area contributed by atoms with Crippen molar-refractivity contribution in [2.45, 2.75) is 65.0 Å². The first-order chi connectivity index (χ1) is 14.6. The third-order valence-corrected chi connectivity index (χ3v) is 9.90. The van der Waals surface area contributed by atoms with Crippen molar-refractivity contribution in [2.24, 2.45) is 0 Å². The van der Waals surface area contributed by atoms with Crippen molar-refractivity contribution in [1.82, 2.24) is 4.31 Å². The summed E-state index contributed by atoms with van der Waals surface area (Å²) >= 11 is 3.54. The maximum atomic E-state index is 13.6. The monoisotopic (exact) mass is 506 g/mol. The van der Waals surface area contributed by atoms with Gasteiger partial charge < -0.3 is 9.64 Å². The van der Waals surface area contributed by atoms with E-state index in [1.807, 2.05) is 27.7 Å². The molecule has 1 saturated heterocycles. The molecule has 31 heavy (non-hydrogen) atoms. The molecule has 2 aromatic carbocycles. The molecule has 0 aromatic heterocycles. The summed E-state index contributed by atoms with van der Waals surface area (Å²) in [5.41, 5.74) is 7.47. The second-order valence-corrected chi connectivity index (χ2v) is 11.6. The van der Waals surface area contributed by atoms with E-state index in [-0.39, 0.29) is 6.04 Å². The molecule has 2 heterocycles. The lowest BCUT2D eigenvalue weighted by molar-refractivity contribution is 0.0987. The summed E-state index contributed by atoms with van der Waals surface area (Å²) in [4.78, 5) is 2.80. The number of ether oxygens (including phenoxy) is 1. The maximum Gasteiger partial charge on any atom is 0.243 e. The van der Waals surface area contributed by atoms with Crippen molar-refractivity contribution in [3.63, 3.8) is 0 Å². The minimum absolute atomic E-state index is 0.273. The van der Waals surface area contributed by atoms with Crippen LogP contribution in [0.4, 0.5) is 5.69 Å². The molecule has 0 aliphatic carbocycles. The largest absolute Gasteiger partial charge is 0.356 e. The molecule has 0 N–H and O–H groups in total. The van der Waals surface area contributed by atoms with Crippen molar-refractivity contribution in [3.8, 4) is 0 Å². The van der Waals surface area contributed by atoms with Gasteiger partial charge >= 0.3 is 0 Å². The fourth-order valence-corrected chi connectivity index (χ4v) is 7.39. The third-order valence-electron chi connectivity index (χ3n) is 7.23. The van der Waals surface area contributed by atoms with Crippen LogP contribution in [0.15, 0.2) is 27.6 Å². The normalized spacial score (nSPS) is 18.3. The van der Waals surface area contributed by atoms with Gasteiger partial charge in [-0.1, -0.05) is 15.9 Å². The van der Waals surface area contributed by atoms with E-state index in [0.717, 1.165) is 39.6 Å². The number of nitrogens with zero attached hydrogens (tertiary/aromatic N) is 2. The number of benzene rings is 2. The molecule has 2 aliphatic rings. The SMILES string of the molecule is Cc1c(C)c(C)c(S(=O)(=O)N2CCC(N3COCc4cc(Br)ccc43)CC2)c(C)c1C. The summed E-state index contributed by atoms with van der Waals surface area (Å²) in [6, 6.07) is 6.57. The Kier molecular flexibility index (Phi) is 6.25. The van der Waals surface area contributed by atoms with E-state index in [0.29, 0.717) is 31.3 Å². The highest BCUT2D eigenvalue weighted by Crippen LogP contribution is 2.35. The van der Waals surface area contributed by atoms with Crippen LogP contribution in [0.5, 0.6) is 0 Å². The Labute approximate surface area is 194 Å². The summed E-state index contributed by atoms with van der Waals surface area (Å²) in [7, 11) is -3.53. The molecular formula is C24H31BrN2O3S. The Bertz CT molecular complexity index is 1090. The summed E-state index contributed by atoms with van der Waals surface area (Å²) in [5, 5.41) is 0. The van der Waals surface area contributed by atoms with E-state index in [9.17, 15) is 8.42 Å². The molecule has 4 rings (SSSR count). The maximum absolute atomic E-state index is 13.6. The van der Waals surface area contributed by atoms with Gasteiger partial charge in [0.1, 0.15) is 6.73 Å². The highest BCUT2D eigenvalue weighted by Gasteiger charge is 2.35. The van der Waals surface area contributed by atoms with Crippen LogP contribution in [0.1, 0.15) is 46.2 Å². The van der Waals surface area contributed by atoms with Gasteiger partial charge in [0.25, 0.3) is 0 Å². The van der Waals surface area contributed by atoms with E-state index >= 15 is 0 Å². The molecule has 2 aliphatic heterocycles. The van der Waals surface area contributed by atoms with Crippen LogP contribution in [0.25, 0.3) is 0 Å². The smallest absolute Gasteiger partial charge is 0.243 e. The predicted molar refractivity (Wildman–Crippen MR) is 128 cm³/mol. The molecule has 0 atom stereocenters. The predicted octanol–water partition coefficient (Wildman–Crippen LogP) is 5.14. The summed E-state index contributed by atoms with van der Waals surface area (Å²) in [6.45, 7) is 12.2. The lowest BCUT2D eigenvalue weighted by atomic mass is 9.95. The fourth-order valence-electron chi connectivity index (χ4n) is 4.95. The Morgan fingerprint density at radius 2 is 1.52 bits per heavy atom. The van der Waals surface area contributed by atoms with Gasteiger partial charge in [0.2, 0.25) is 10.0 Å². The number of piperidine rings is 1. The van der Waals surface area contributed by atoms with Gasteiger partial charge in [-0.2, -0.15) is 4.31 Å². The number of rotatable bonds is 3. The number of fused-ring (bicyclic) bond motifs is 1. The molecular weight excluding hydrogens is 476 g/mol. The lowest BCUT2D eigenvalue weighted by Crippen LogP contribution is -2.48. The topological polar surface area (TPSA) is 49.9 Å². The standard InChI is InChI=1S/C24H31BrN2O3S/c1-15-16(2)18(4)24(19(5)17(15)3)31(28,29)26-10-8-22(9-11-26)27-14-30-13-20-12-21(25)6-7-23(20)27/h6-7,12,22H,8-11,13-14H2,1-5H3. The van der Waals surface area contributed by atoms with Gasteiger partial charge in [-0.3, -0.25) is 0 Å². The Morgan fingerprint density at radius 1 is 0.935 bits per heavy atom. The third kappa shape index (κ3) is 3.94. The summed E-state index contributed by atoms with van der Waals surface area (Å²) in [6.07, 6.45) is 1.58. The zero-order valence-corrected chi connectivity index (χ0v) is 21.4. The van der Waals surface area contributed by atoms with Crippen molar-refractivity contribution >= 4 is 31.6 Å². The zero-order chi connectivity index (χ0) is 22.5. The number of hydrogen-bond donors (Lipinski definition) is 0. The molecule has 0 unspecified atom stereocenters. The van der Waals surface area contributed by atoms with E-state index < -0.39 is 10.0 Å². The molecule has 0 radical (unpaired) electrons. The number of anilines is 1. The number of sulfonamides is 1. The minimum atomic E-state index is -3.53. The van der Waals surface area contributed by atoms with Crippen molar-refractivity contribution < 1.29 is 13.2 Å². The minimum Gasteiger partial charge on any atom is -0.356 e. The average molecular weight is 507 g/mol. The number of hydrogen-bond acceptors (Lipinski definition) is 4. The second-order valence-electron chi connectivity index (χ2n) is 8.81. The summed E-state index contributed by atoms with van der Waals surface area (Å²) in [5.74, 6) is 0. The van der Waals surface area contributed by atoms with Crippen molar-refractivity contribution in [2.75, 3.05) is 24.7 Å². The Hall–Kier alpha value is -1.41. The van der Waals surface area contributed by atoms with Crippen LogP contribution in [0, 0.1) is 34.6 Å². The molecule has 0 amide bonds.